The molecule has 0 radical (unpaired) electrons. The van der Waals surface area contributed by atoms with Gasteiger partial charge in [-0.05, 0) is 39.7 Å². The molecule has 5 nitrogen and oxygen atoms in total. The molecule has 0 saturated heterocycles. The van der Waals surface area contributed by atoms with Gasteiger partial charge in [0.25, 0.3) is 0 Å². The van der Waals surface area contributed by atoms with Gasteiger partial charge in [0.15, 0.2) is 0 Å². The van der Waals surface area contributed by atoms with E-state index in [0.717, 1.165) is 30.7 Å². The number of carbonyl (C=O) groups excluding carboxylic acids is 1. The van der Waals surface area contributed by atoms with Crippen molar-refractivity contribution in [2.24, 2.45) is 11.1 Å². The summed E-state index contributed by atoms with van der Waals surface area (Å²) in [5.41, 5.74) is 7.22. The van der Waals surface area contributed by atoms with Gasteiger partial charge in [0.2, 0.25) is 11.9 Å². The summed E-state index contributed by atoms with van der Waals surface area (Å²) in [5, 5.41) is 2.80. The summed E-state index contributed by atoms with van der Waals surface area (Å²) in [6, 6.07) is 1.79. The first-order valence-corrected chi connectivity index (χ1v) is 6.31. The Morgan fingerprint density at radius 3 is 2.56 bits per heavy atom. The van der Waals surface area contributed by atoms with E-state index in [9.17, 15) is 4.79 Å². The summed E-state index contributed by atoms with van der Waals surface area (Å²) in [6.45, 7) is 5.68. The molecule has 0 aliphatic heterocycles. The molecule has 1 aliphatic rings. The van der Waals surface area contributed by atoms with Gasteiger partial charge in [-0.15, -0.1) is 0 Å². The van der Waals surface area contributed by atoms with Gasteiger partial charge >= 0.3 is 0 Å². The third kappa shape index (κ3) is 2.36. The van der Waals surface area contributed by atoms with E-state index in [1.165, 1.54) is 0 Å². The SMILES string of the molecule is Cc1cc(C)nc(NC(=O)C2(C)CCCC2N)n1. The predicted molar refractivity (Wildman–Crippen MR) is 70.1 cm³/mol. The first kappa shape index (κ1) is 13.0. The van der Waals surface area contributed by atoms with Gasteiger partial charge < -0.3 is 5.73 Å². The van der Waals surface area contributed by atoms with Crippen LogP contribution in [0.3, 0.4) is 0 Å². The molecular formula is C13H20N4O. The maximum Gasteiger partial charge on any atom is 0.234 e. The van der Waals surface area contributed by atoms with Gasteiger partial charge in [-0.25, -0.2) is 9.97 Å². The lowest BCUT2D eigenvalue weighted by Gasteiger charge is -2.27. The van der Waals surface area contributed by atoms with E-state index in [0.29, 0.717) is 5.95 Å². The summed E-state index contributed by atoms with van der Waals surface area (Å²) < 4.78 is 0. The average molecular weight is 248 g/mol. The Bertz CT molecular complexity index is 454. The fourth-order valence-electron chi connectivity index (χ4n) is 2.50. The molecule has 1 saturated carbocycles. The fraction of sp³-hybridized carbons (Fsp3) is 0.615. The van der Waals surface area contributed by atoms with Crippen molar-refractivity contribution in [3.8, 4) is 0 Å². The highest BCUT2D eigenvalue weighted by Gasteiger charge is 2.43. The quantitative estimate of drug-likeness (QED) is 0.832. The maximum absolute atomic E-state index is 12.3. The standard InChI is InChI=1S/C13H20N4O/c1-8-7-9(2)16-12(15-8)17-11(18)13(3)6-4-5-10(13)14/h7,10H,4-6,14H2,1-3H3,(H,15,16,17,18). The zero-order valence-corrected chi connectivity index (χ0v) is 11.2. The number of hydrogen-bond donors (Lipinski definition) is 2. The molecule has 1 fully saturated rings. The average Bonchev–Trinajstić information content (AvgIpc) is 2.59. The van der Waals surface area contributed by atoms with Gasteiger partial charge in [-0.1, -0.05) is 6.42 Å². The first-order valence-electron chi connectivity index (χ1n) is 6.31. The molecule has 0 aromatic carbocycles. The second kappa shape index (κ2) is 4.65. The van der Waals surface area contributed by atoms with Gasteiger partial charge in [0.05, 0.1) is 5.41 Å². The largest absolute Gasteiger partial charge is 0.327 e. The molecular weight excluding hydrogens is 228 g/mol. The number of nitrogens with two attached hydrogens (primary N) is 1. The summed E-state index contributed by atoms with van der Waals surface area (Å²) >= 11 is 0. The normalized spacial score (nSPS) is 27.2. The third-order valence-corrected chi connectivity index (χ3v) is 3.76. The Morgan fingerprint density at radius 2 is 2.06 bits per heavy atom. The second-order valence-corrected chi connectivity index (χ2v) is 5.34. The third-order valence-electron chi connectivity index (χ3n) is 3.76. The molecule has 1 amide bonds. The fourth-order valence-corrected chi connectivity index (χ4v) is 2.50. The zero-order valence-electron chi connectivity index (χ0n) is 11.2. The number of nitrogens with zero attached hydrogens (tertiary/aromatic N) is 2. The van der Waals surface area contributed by atoms with Gasteiger partial charge in [0, 0.05) is 17.4 Å². The Balaban J connectivity index is 2.16. The number of aromatic nitrogens is 2. The van der Waals surface area contributed by atoms with E-state index in [1.54, 1.807) is 0 Å². The van der Waals surface area contributed by atoms with Crippen LogP contribution in [0.25, 0.3) is 0 Å². The van der Waals surface area contributed by atoms with Crippen LogP contribution in [-0.2, 0) is 4.79 Å². The van der Waals surface area contributed by atoms with Crippen LogP contribution in [-0.4, -0.2) is 21.9 Å². The highest BCUT2D eigenvalue weighted by molar-refractivity contribution is 5.94. The summed E-state index contributed by atoms with van der Waals surface area (Å²) in [6.07, 6.45) is 2.72. The van der Waals surface area contributed by atoms with Crippen molar-refractivity contribution in [2.45, 2.75) is 46.1 Å². The lowest BCUT2D eigenvalue weighted by Crippen LogP contribution is -2.44. The first-order chi connectivity index (χ1) is 8.41. The number of nitrogens with one attached hydrogen (secondary N) is 1. The molecule has 2 rings (SSSR count). The molecule has 3 N–H and O–H groups in total. The van der Waals surface area contributed by atoms with Crippen molar-refractivity contribution < 1.29 is 4.79 Å². The molecule has 2 unspecified atom stereocenters. The van der Waals surface area contributed by atoms with Gasteiger partial charge in [-0.2, -0.15) is 0 Å². The van der Waals surface area contributed by atoms with Crippen LogP contribution in [0.4, 0.5) is 5.95 Å². The maximum atomic E-state index is 12.3. The minimum Gasteiger partial charge on any atom is -0.327 e. The Hall–Kier alpha value is -1.49. The van der Waals surface area contributed by atoms with Crippen LogP contribution < -0.4 is 11.1 Å². The van der Waals surface area contributed by atoms with Crippen molar-refractivity contribution in [2.75, 3.05) is 5.32 Å². The van der Waals surface area contributed by atoms with E-state index in [4.69, 9.17) is 5.73 Å². The van der Waals surface area contributed by atoms with Crippen LogP contribution in [0.5, 0.6) is 0 Å². The summed E-state index contributed by atoms with van der Waals surface area (Å²) in [7, 11) is 0. The molecule has 1 aromatic rings. The topological polar surface area (TPSA) is 80.9 Å². The monoisotopic (exact) mass is 248 g/mol. The number of rotatable bonds is 2. The Kier molecular flexibility index (Phi) is 3.34. The number of hydrogen-bond acceptors (Lipinski definition) is 4. The second-order valence-electron chi connectivity index (χ2n) is 5.34. The molecule has 1 aromatic heterocycles. The smallest absolute Gasteiger partial charge is 0.234 e. The van der Waals surface area contributed by atoms with Crippen molar-refractivity contribution in [3.63, 3.8) is 0 Å². The van der Waals surface area contributed by atoms with E-state index >= 15 is 0 Å². The van der Waals surface area contributed by atoms with Crippen molar-refractivity contribution >= 4 is 11.9 Å². The summed E-state index contributed by atoms with van der Waals surface area (Å²) in [5.74, 6) is 0.301. The van der Waals surface area contributed by atoms with Crippen LogP contribution in [0, 0.1) is 19.3 Å². The summed E-state index contributed by atoms with van der Waals surface area (Å²) in [4.78, 5) is 20.7. The molecule has 5 heteroatoms. The minimum absolute atomic E-state index is 0.0718. The Labute approximate surface area is 107 Å². The van der Waals surface area contributed by atoms with Crippen molar-refractivity contribution in [1.82, 2.24) is 9.97 Å². The van der Waals surface area contributed by atoms with E-state index < -0.39 is 5.41 Å². The number of amides is 1. The van der Waals surface area contributed by atoms with E-state index in [2.05, 4.69) is 15.3 Å². The van der Waals surface area contributed by atoms with Crippen LogP contribution in [0.2, 0.25) is 0 Å². The van der Waals surface area contributed by atoms with Crippen LogP contribution >= 0.6 is 0 Å². The Morgan fingerprint density at radius 1 is 1.44 bits per heavy atom. The molecule has 1 heterocycles. The highest BCUT2D eigenvalue weighted by atomic mass is 16.2. The number of anilines is 1. The van der Waals surface area contributed by atoms with E-state index in [-0.39, 0.29) is 11.9 Å². The van der Waals surface area contributed by atoms with Crippen molar-refractivity contribution in [3.05, 3.63) is 17.5 Å². The lowest BCUT2D eigenvalue weighted by atomic mass is 9.84. The van der Waals surface area contributed by atoms with Gasteiger partial charge in [-0.3, -0.25) is 10.1 Å². The minimum atomic E-state index is -0.499. The molecule has 0 bridgehead atoms. The molecule has 18 heavy (non-hydrogen) atoms. The molecule has 0 spiro atoms. The van der Waals surface area contributed by atoms with Crippen LogP contribution in [0.1, 0.15) is 37.6 Å². The lowest BCUT2D eigenvalue weighted by molar-refractivity contribution is -0.125. The van der Waals surface area contributed by atoms with Crippen molar-refractivity contribution in [1.29, 1.82) is 0 Å². The van der Waals surface area contributed by atoms with Crippen LogP contribution in [0.15, 0.2) is 6.07 Å². The predicted octanol–water partition coefficient (Wildman–Crippen LogP) is 1.55. The van der Waals surface area contributed by atoms with Gasteiger partial charge in [0.1, 0.15) is 0 Å². The molecule has 98 valence electrons. The molecule has 1 aliphatic carbocycles. The zero-order chi connectivity index (χ0) is 13.3. The molecule has 2 atom stereocenters. The number of aryl methyl sites for hydroxylation is 2. The van der Waals surface area contributed by atoms with E-state index in [1.807, 2.05) is 26.8 Å². The number of carbonyl (C=O) groups is 1. The highest BCUT2D eigenvalue weighted by Crippen LogP contribution is 2.37.